The third-order valence-electron chi connectivity index (χ3n) is 3.08. The molecular weight excluding hydrogens is 226 g/mol. The summed E-state index contributed by atoms with van der Waals surface area (Å²) in [4.78, 5) is 0. The molecule has 98 valence electrons. The summed E-state index contributed by atoms with van der Waals surface area (Å²) >= 11 is 0. The summed E-state index contributed by atoms with van der Waals surface area (Å²) in [5.41, 5.74) is 4.70. The number of hydrogen-bond donors (Lipinski definition) is 2. The lowest BCUT2D eigenvalue weighted by molar-refractivity contribution is 0.532. The molecule has 2 rings (SSSR count). The van der Waals surface area contributed by atoms with Gasteiger partial charge in [-0.15, -0.1) is 0 Å². The van der Waals surface area contributed by atoms with E-state index in [1.807, 2.05) is 20.0 Å². The van der Waals surface area contributed by atoms with Gasteiger partial charge in [0.25, 0.3) is 0 Å². The van der Waals surface area contributed by atoms with Crippen molar-refractivity contribution in [3.63, 3.8) is 0 Å². The minimum atomic E-state index is 0.874. The normalized spacial score (nSPS) is 11.1. The minimum Gasteiger partial charge on any atom is -0.312 e. The van der Waals surface area contributed by atoms with Crippen LogP contribution >= 0.6 is 0 Å². The SMILES string of the molecule is Cc1cc(C)n(CCCNCc2cn[nH]c2C)n1. The van der Waals surface area contributed by atoms with Gasteiger partial charge >= 0.3 is 0 Å². The highest BCUT2D eigenvalue weighted by atomic mass is 15.3. The molecule has 0 saturated carbocycles. The van der Waals surface area contributed by atoms with Crippen molar-refractivity contribution in [3.8, 4) is 0 Å². The average Bonchev–Trinajstić information content (AvgIpc) is 2.86. The number of hydrogen-bond acceptors (Lipinski definition) is 3. The molecule has 0 spiro atoms. The van der Waals surface area contributed by atoms with Crippen LogP contribution in [0.15, 0.2) is 12.3 Å². The zero-order chi connectivity index (χ0) is 13.0. The first-order chi connectivity index (χ1) is 8.66. The van der Waals surface area contributed by atoms with Gasteiger partial charge in [-0.1, -0.05) is 0 Å². The molecule has 2 aromatic rings. The van der Waals surface area contributed by atoms with Gasteiger partial charge in [-0.3, -0.25) is 9.78 Å². The number of aromatic nitrogens is 4. The van der Waals surface area contributed by atoms with Crippen LogP contribution in [-0.2, 0) is 13.1 Å². The van der Waals surface area contributed by atoms with Crippen LogP contribution in [0.5, 0.6) is 0 Å². The Hall–Kier alpha value is -1.62. The molecular formula is C13H21N5. The summed E-state index contributed by atoms with van der Waals surface area (Å²) in [5, 5.41) is 14.8. The Morgan fingerprint density at radius 1 is 1.33 bits per heavy atom. The molecule has 2 N–H and O–H groups in total. The van der Waals surface area contributed by atoms with E-state index < -0.39 is 0 Å². The van der Waals surface area contributed by atoms with Crippen LogP contribution in [0.4, 0.5) is 0 Å². The molecule has 0 amide bonds. The third kappa shape index (κ3) is 3.20. The largest absolute Gasteiger partial charge is 0.312 e. The van der Waals surface area contributed by atoms with Crippen molar-refractivity contribution in [1.82, 2.24) is 25.3 Å². The highest BCUT2D eigenvalue weighted by molar-refractivity contribution is 5.13. The van der Waals surface area contributed by atoms with Crippen molar-refractivity contribution in [2.75, 3.05) is 6.54 Å². The Balaban J connectivity index is 1.67. The van der Waals surface area contributed by atoms with E-state index in [-0.39, 0.29) is 0 Å². The zero-order valence-electron chi connectivity index (χ0n) is 11.3. The Bertz CT molecular complexity index is 497. The molecule has 0 radical (unpaired) electrons. The fourth-order valence-corrected chi connectivity index (χ4v) is 2.03. The van der Waals surface area contributed by atoms with Crippen molar-refractivity contribution in [1.29, 1.82) is 0 Å². The predicted molar refractivity (Wildman–Crippen MR) is 71.3 cm³/mol. The summed E-state index contributed by atoms with van der Waals surface area (Å²) in [6.07, 6.45) is 2.96. The molecule has 0 fully saturated rings. The maximum Gasteiger partial charge on any atom is 0.0596 e. The average molecular weight is 247 g/mol. The molecule has 0 saturated heterocycles. The highest BCUT2D eigenvalue weighted by Crippen LogP contribution is 2.03. The van der Waals surface area contributed by atoms with Gasteiger partial charge in [-0.25, -0.2) is 0 Å². The minimum absolute atomic E-state index is 0.874. The lowest BCUT2D eigenvalue weighted by atomic mass is 10.2. The molecule has 2 heterocycles. The smallest absolute Gasteiger partial charge is 0.0596 e. The van der Waals surface area contributed by atoms with Crippen LogP contribution in [0.2, 0.25) is 0 Å². The standard InChI is InChI=1S/C13H21N5/c1-10-7-11(2)18(17-10)6-4-5-14-8-13-9-15-16-12(13)3/h7,9,14H,4-6,8H2,1-3H3,(H,15,16). The van der Waals surface area contributed by atoms with Crippen LogP contribution in [0.3, 0.4) is 0 Å². The second-order valence-electron chi connectivity index (χ2n) is 4.70. The Morgan fingerprint density at radius 2 is 2.17 bits per heavy atom. The molecule has 18 heavy (non-hydrogen) atoms. The molecule has 2 aromatic heterocycles. The van der Waals surface area contributed by atoms with Gasteiger partial charge in [0.2, 0.25) is 0 Å². The van der Waals surface area contributed by atoms with Crippen LogP contribution in [-0.4, -0.2) is 26.5 Å². The first-order valence-electron chi connectivity index (χ1n) is 6.37. The fraction of sp³-hybridized carbons (Fsp3) is 0.538. The maximum absolute atomic E-state index is 4.45. The van der Waals surface area contributed by atoms with Gasteiger partial charge in [-0.2, -0.15) is 10.2 Å². The number of aryl methyl sites for hydroxylation is 4. The Kier molecular flexibility index (Phi) is 4.15. The van der Waals surface area contributed by atoms with E-state index in [0.29, 0.717) is 0 Å². The first-order valence-corrected chi connectivity index (χ1v) is 6.37. The van der Waals surface area contributed by atoms with E-state index in [4.69, 9.17) is 0 Å². The van der Waals surface area contributed by atoms with Gasteiger partial charge in [0, 0.05) is 30.0 Å². The molecule has 0 atom stereocenters. The van der Waals surface area contributed by atoms with Crippen molar-refractivity contribution >= 4 is 0 Å². The molecule has 5 nitrogen and oxygen atoms in total. The summed E-state index contributed by atoms with van der Waals surface area (Å²) in [6, 6.07) is 2.11. The summed E-state index contributed by atoms with van der Waals surface area (Å²) in [5.74, 6) is 0. The van der Waals surface area contributed by atoms with Crippen LogP contribution in [0.25, 0.3) is 0 Å². The monoisotopic (exact) mass is 247 g/mol. The van der Waals surface area contributed by atoms with E-state index in [9.17, 15) is 0 Å². The Morgan fingerprint density at radius 3 is 2.78 bits per heavy atom. The lowest BCUT2D eigenvalue weighted by Crippen LogP contribution is -2.17. The van der Waals surface area contributed by atoms with E-state index in [1.165, 1.54) is 11.3 Å². The van der Waals surface area contributed by atoms with Crippen molar-refractivity contribution < 1.29 is 0 Å². The molecule has 5 heteroatoms. The number of aromatic amines is 1. The van der Waals surface area contributed by atoms with Crippen molar-refractivity contribution in [2.24, 2.45) is 0 Å². The first kappa shape index (κ1) is 12.8. The number of H-pyrrole nitrogens is 1. The highest BCUT2D eigenvalue weighted by Gasteiger charge is 2.01. The van der Waals surface area contributed by atoms with Crippen molar-refractivity contribution in [2.45, 2.75) is 40.3 Å². The van der Waals surface area contributed by atoms with E-state index in [2.05, 4.69) is 38.3 Å². The second-order valence-corrected chi connectivity index (χ2v) is 4.70. The van der Waals surface area contributed by atoms with Crippen molar-refractivity contribution in [3.05, 3.63) is 34.9 Å². The Labute approximate surface area is 108 Å². The zero-order valence-corrected chi connectivity index (χ0v) is 11.3. The second kappa shape index (κ2) is 5.82. The summed E-state index contributed by atoms with van der Waals surface area (Å²) < 4.78 is 2.07. The lowest BCUT2D eigenvalue weighted by Gasteiger charge is -2.06. The molecule has 0 aromatic carbocycles. The quantitative estimate of drug-likeness (QED) is 0.764. The molecule has 0 aliphatic heterocycles. The molecule has 0 aliphatic carbocycles. The summed E-state index contributed by atoms with van der Waals surface area (Å²) in [6.45, 7) is 9.01. The number of nitrogens with zero attached hydrogens (tertiary/aromatic N) is 3. The van der Waals surface area contributed by atoms with Crippen LogP contribution < -0.4 is 5.32 Å². The fourth-order valence-electron chi connectivity index (χ4n) is 2.03. The van der Waals surface area contributed by atoms with E-state index >= 15 is 0 Å². The maximum atomic E-state index is 4.45. The van der Waals surface area contributed by atoms with Gasteiger partial charge < -0.3 is 5.32 Å². The third-order valence-corrected chi connectivity index (χ3v) is 3.08. The number of rotatable bonds is 6. The van der Waals surface area contributed by atoms with Gasteiger partial charge in [-0.05, 0) is 39.8 Å². The molecule has 0 unspecified atom stereocenters. The topological polar surface area (TPSA) is 58.5 Å². The van der Waals surface area contributed by atoms with Crippen LogP contribution in [0.1, 0.15) is 29.1 Å². The van der Waals surface area contributed by atoms with Gasteiger partial charge in [0.15, 0.2) is 0 Å². The number of nitrogens with one attached hydrogen (secondary N) is 2. The van der Waals surface area contributed by atoms with Gasteiger partial charge in [0.1, 0.15) is 0 Å². The van der Waals surface area contributed by atoms with Gasteiger partial charge in [0.05, 0.1) is 11.9 Å². The molecule has 0 aliphatic rings. The predicted octanol–water partition coefficient (Wildman–Crippen LogP) is 1.71. The van der Waals surface area contributed by atoms with Crippen LogP contribution in [0, 0.1) is 20.8 Å². The van der Waals surface area contributed by atoms with E-state index in [0.717, 1.165) is 37.4 Å². The summed E-state index contributed by atoms with van der Waals surface area (Å²) in [7, 11) is 0. The van der Waals surface area contributed by atoms with E-state index in [1.54, 1.807) is 0 Å². The molecule has 0 bridgehead atoms.